The van der Waals surface area contributed by atoms with Crippen LogP contribution in [0.1, 0.15) is 25.3 Å². The molecular formula is C26H30N4O4. The van der Waals surface area contributed by atoms with Crippen LogP contribution in [0.2, 0.25) is 0 Å². The Labute approximate surface area is 199 Å². The van der Waals surface area contributed by atoms with E-state index in [2.05, 4.69) is 22.2 Å². The van der Waals surface area contributed by atoms with Gasteiger partial charge >= 0.3 is 0 Å². The molecule has 3 aromatic rings. The zero-order chi connectivity index (χ0) is 24.1. The molecule has 2 aromatic carbocycles. The number of hydrogen-bond acceptors (Lipinski definition) is 6. The minimum absolute atomic E-state index is 0.0552. The van der Waals surface area contributed by atoms with Crippen LogP contribution in [-0.2, 0) is 11.2 Å². The maximum absolute atomic E-state index is 13.0. The second-order valence-electron chi connectivity index (χ2n) is 8.31. The lowest BCUT2D eigenvalue weighted by Gasteiger charge is -2.33. The molecule has 0 aliphatic carbocycles. The molecule has 0 spiro atoms. The van der Waals surface area contributed by atoms with Crippen LogP contribution in [0.15, 0.2) is 59.4 Å². The Balaban J connectivity index is 1.49. The number of carbonyl (C=O) groups excluding carboxylic acids is 1. The first-order valence-corrected chi connectivity index (χ1v) is 11.5. The van der Waals surface area contributed by atoms with Crippen molar-refractivity contribution >= 4 is 17.4 Å². The number of amides is 1. The van der Waals surface area contributed by atoms with E-state index in [0.717, 1.165) is 31.5 Å². The van der Waals surface area contributed by atoms with Gasteiger partial charge in [-0.05, 0) is 55.2 Å². The lowest BCUT2D eigenvalue weighted by molar-refractivity contribution is -0.120. The summed E-state index contributed by atoms with van der Waals surface area (Å²) >= 11 is 0. The fourth-order valence-corrected chi connectivity index (χ4v) is 4.19. The van der Waals surface area contributed by atoms with Gasteiger partial charge in [0.25, 0.3) is 5.56 Å². The molecule has 2 heterocycles. The van der Waals surface area contributed by atoms with Gasteiger partial charge in [0, 0.05) is 30.9 Å². The number of benzene rings is 2. The molecule has 0 bridgehead atoms. The highest BCUT2D eigenvalue weighted by atomic mass is 16.5. The average molecular weight is 463 g/mol. The van der Waals surface area contributed by atoms with Crippen molar-refractivity contribution in [1.29, 1.82) is 0 Å². The van der Waals surface area contributed by atoms with E-state index in [0.29, 0.717) is 29.5 Å². The molecule has 1 fully saturated rings. The number of ether oxygens (including phenoxy) is 2. The van der Waals surface area contributed by atoms with E-state index in [-0.39, 0.29) is 17.4 Å². The molecule has 1 aliphatic rings. The lowest BCUT2D eigenvalue weighted by atomic mass is 9.97. The Bertz CT molecular complexity index is 1210. The van der Waals surface area contributed by atoms with E-state index in [1.807, 2.05) is 24.3 Å². The summed E-state index contributed by atoms with van der Waals surface area (Å²) in [5.41, 5.74) is 2.39. The number of nitrogens with zero attached hydrogens (tertiary/aromatic N) is 3. The second-order valence-corrected chi connectivity index (χ2v) is 8.31. The van der Waals surface area contributed by atoms with Crippen LogP contribution in [0, 0.1) is 5.92 Å². The Morgan fingerprint density at radius 1 is 1.06 bits per heavy atom. The highest BCUT2D eigenvalue weighted by Crippen LogP contribution is 2.30. The van der Waals surface area contributed by atoms with Gasteiger partial charge in [-0.3, -0.25) is 9.59 Å². The van der Waals surface area contributed by atoms with Crippen molar-refractivity contribution in [3.8, 4) is 17.2 Å². The highest BCUT2D eigenvalue weighted by molar-refractivity contribution is 5.93. The lowest BCUT2D eigenvalue weighted by Crippen LogP contribution is -2.41. The molecule has 4 rings (SSSR count). The van der Waals surface area contributed by atoms with Crippen LogP contribution >= 0.6 is 0 Å². The zero-order valence-corrected chi connectivity index (χ0v) is 19.8. The molecule has 1 aromatic heterocycles. The van der Waals surface area contributed by atoms with Crippen molar-refractivity contribution < 1.29 is 14.3 Å². The fraction of sp³-hybridized carbons (Fsp3) is 0.346. The summed E-state index contributed by atoms with van der Waals surface area (Å²) < 4.78 is 12.0. The molecule has 0 unspecified atom stereocenters. The Morgan fingerprint density at radius 3 is 2.53 bits per heavy atom. The van der Waals surface area contributed by atoms with Gasteiger partial charge in [-0.1, -0.05) is 19.1 Å². The van der Waals surface area contributed by atoms with Gasteiger partial charge in [0.2, 0.25) is 5.91 Å². The Morgan fingerprint density at radius 2 is 1.82 bits per heavy atom. The third kappa shape index (κ3) is 5.06. The molecule has 34 heavy (non-hydrogen) atoms. The number of piperidine rings is 1. The van der Waals surface area contributed by atoms with E-state index in [9.17, 15) is 9.59 Å². The van der Waals surface area contributed by atoms with Gasteiger partial charge < -0.3 is 19.7 Å². The van der Waals surface area contributed by atoms with Crippen LogP contribution in [0.3, 0.4) is 0 Å². The van der Waals surface area contributed by atoms with Crippen LogP contribution in [0.5, 0.6) is 11.5 Å². The summed E-state index contributed by atoms with van der Waals surface area (Å²) in [7, 11) is 3.14. The quantitative estimate of drug-likeness (QED) is 0.577. The van der Waals surface area contributed by atoms with Gasteiger partial charge in [0.05, 0.1) is 25.8 Å². The van der Waals surface area contributed by atoms with E-state index in [1.54, 1.807) is 38.5 Å². The summed E-state index contributed by atoms with van der Waals surface area (Å²) in [6.07, 6.45) is 2.58. The van der Waals surface area contributed by atoms with Crippen molar-refractivity contribution in [3.63, 3.8) is 0 Å². The Hall–Kier alpha value is -3.81. The third-order valence-electron chi connectivity index (χ3n) is 6.14. The molecule has 0 radical (unpaired) electrons. The van der Waals surface area contributed by atoms with E-state index in [4.69, 9.17) is 9.47 Å². The topological polar surface area (TPSA) is 85.7 Å². The summed E-state index contributed by atoms with van der Waals surface area (Å²) in [5.74, 6) is 1.59. The van der Waals surface area contributed by atoms with Crippen LogP contribution < -0.4 is 25.2 Å². The number of methoxy groups -OCH3 is 2. The van der Waals surface area contributed by atoms with Crippen LogP contribution in [-0.4, -0.2) is 43.0 Å². The number of carbonyl (C=O) groups is 1. The maximum Gasteiger partial charge on any atom is 0.271 e. The molecule has 8 heteroatoms. The average Bonchev–Trinajstić information content (AvgIpc) is 2.89. The predicted octanol–water partition coefficient (Wildman–Crippen LogP) is 3.67. The number of aromatic nitrogens is 2. The smallest absolute Gasteiger partial charge is 0.271 e. The molecule has 1 aliphatic heterocycles. The standard InChI is InChI=1S/C26H30N4O4/c1-4-18-7-10-21(11-8-18)30-25(31)14-13-24(28-30)29-15-5-6-19(17-29)26(32)27-20-9-12-22(33-2)23(16-20)34-3/h7-14,16,19H,4-6,15,17H2,1-3H3,(H,27,32)/t19-/m1/s1. The minimum Gasteiger partial charge on any atom is -0.493 e. The highest BCUT2D eigenvalue weighted by Gasteiger charge is 2.27. The van der Waals surface area contributed by atoms with Crippen molar-refractivity contribution in [2.24, 2.45) is 5.92 Å². The third-order valence-corrected chi connectivity index (χ3v) is 6.14. The molecule has 1 atom stereocenters. The first-order chi connectivity index (χ1) is 16.5. The summed E-state index contributed by atoms with van der Waals surface area (Å²) in [6.45, 7) is 3.40. The fourth-order valence-electron chi connectivity index (χ4n) is 4.19. The number of nitrogens with one attached hydrogen (secondary N) is 1. The predicted molar refractivity (Wildman–Crippen MR) is 132 cm³/mol. The molecule has 1 amide bonds. The largest absolute Gasteiger partial charge is 0.493 e. The Kier molecular flexibility index (Phi) is 7.15. The van der Waals surface area contributed by atoms with Gasteiger partial charge in [0.1, 0.15) is 5.82 Å². The number of aryl methyl sites for hydroxylation is 1. The number of hydrogen-bond donors (Lipinski definition) is 1. The van der Waals surface area contributed by atoms with Gasteiger partial charge in [-0.2, -0.15) is 4.68 Å². The summed E-state index contributed by atoms with van der Waals surface area (Å²) in [5, 5.41) is 7.60. The zero-order valence-electron chi connectivity index (χ0n) is 19.8. The molecule has 1 saturated heterocycles. The van der Waals surface area contributed by atoms with Crippen LogP contribution in [0.4, 0.5) is 11.5 Å². The normalized spacial score (nSPS) is 15.6. The first-order valence-electron chi connectivity index (χ1n) is 11.5. The maximum atomic E-state index is 13.0. The summed E-state index contributed by atoms with van der Waals surface area (Å²) in [4.78, 5) is 27.6. The van der Waals surface area contributed by atoms with Crippen molar-refractivity contribution in [2.45, 2.75) is 26.2 Å². The van der Waals surface area contributed by atoms with Crippen LogP contribution in [0.25, 0.3) is 5.69 Å². The number of anilines is 2. The monoisotopic (exact) mass is 462 g/mol. The second kappa shape index (κ2) is 10.4. The van der Waals surface area contributed by atoms with E-state index < -0.39 is 0 Å². The molecule has 178 valence electrons. The van der Waals surface area contributed by atoms with E-state index in [1.165, 1.54) is 16.3 Å². The number of rotatable bonds is 7. The molecular weight excluding hydrogens is 432 g/mol. The SMILES string of the molecule is CCc1ccc(-n2nc(N3CCC[C@@H](C(=O)Nc4ccc(OC)c(OC)c4)C3)ccc2=O)cc1. The minimum atomic E-state index is -0.201. The van der Waals surface area contributed by atoms with Gasteiger partial charge in [-0.25, -0.2) is 0 Å². The molecule has 1 N–H and O–H groups in total. The van der Waals surface area contributed by atoms with Crippen molar-refractivity contribution in [3.05, 3.63) is 70.5 Å². The van der Waals surface area contributed by atoms with Crippen molar-refractivity contribution in [2.75, 3.05) is 37.5 Å². The first kappa shape index (κ1) is 23.4. The van der Waals surface area contributed by atoms with Gasteiger partial charge in [0.15, 0.2) is 11.5 Å². The summed E-state index contributed by atoms with van der Waals surface area (Å²) in [6, 6.07) is 16.4. The van der Waals surface area contributed by atoms with E-state index >= 15 is 0 Å². The molecule has 0 saturated carbocycles. The van der Waals surface area contributed by atoms with Crippen molar-refractivity contribution in [1.82, 2.24) is 9.78 Å². The van der Waals surface area contributed by atoms with Gasteiger partial charge in [-0.15, -0.1) is 5.10 Å². The molecule has 8 nitrogen and oxygen atoms in total.